The van der Waals surface area contributed by atoms with Gasteiger partial charge in [0.15, 0.2) is 0 Å². The summed E-state index contributed by atoms with van der Waals surface area (Å²) >= 11 is 0. The molecule has 1 aliphatic heterocycles. The Balaban J connectivity index is 2.73. The monoisotopic (exact) mass is 299 g/mol. The van der Waals surface area contributed by atoms with E-state index in [4.69, 9.17) is 5.11 Å². The Bertz CT molecular complexity index is 495. The summed E-state index contributed by atoms with van der Waals surface area (Å²) in [7, 11) is -6.92. The molecule has 7 nitrogen and oxygen atoms in total. The fourth-order valence-electron chi connectivity index (χ4n) is 1.78. The molecule has 0 aliphatic carbocycles. The van der Waals surface area contributed by atoms with Crippen molar-refractivity contribution >= 4 is 25.8 Å². The largest absolute Gasteiger partial charge is 0.480 e. The SMILES string of the molecule is CCC(NS(=O)(=O)C1CCS(=O)(=O)CC1)C(=O)O. The number of hydrogen-bond acceptors (Lipinski definition) is 5. The van der Waals surface area contributed by atoms with Crippen molar-refractivity contribution < 1.29 is 26.7 Å². The van der Waals surface area contributed by atoms with Crippen molar-refractivity contribution in [1.29, 1.82) is 0 Å². The van der Waals surface area contributed by atoms with Gasteiger partial charge in [0.1, 0.15) is 15.9 Å². The third-order valence-electron chi connectivity index (χ3n) is 2.95. The Morgan fingerprint density at radius 2 is 1.89 bits per heavy atom. The van der Waals surface area contributed by atoms with E-state index in [2.05, 4.69) is 4.72 Å². The van der Waals surface area contributed by atoms with E-state index >= 15 is 0 Å². The molecule has 1 saturated heterocycles. The lowest BCUT2D eigenvalue weighted by molar-refractivity contribution is -0.139. The average molecular weight is 299 g/mol. The molecule has 0 saturated carbocycles. The minimum absolute atomic E-state index is 0.0215. The van der Waals surface area contributed by atoms with Crippen LogP contribution in [0.15, 0.2) is 0 Å². The molecule has 18 heavy (non-hydrogen) atoms. The van der Waals surface area contributed by atoms with Crippen LogP contribution in [0.4, 0.5) is 0 Å². The van der Waals surface area contributed by atoms with Crippen molar-refractivity contribution in [3.05, 3.63) is 0 Å². The number of hydrogen-bond donors (Lipinski definition) is 2. The molecule has 1 atom stereocenters. The van der Waals surface area contributed by atoms with Crippen molar-refractivity contribution in [2.24, 2.45) is 0 Å². The fraction of sp³-hybridized carbons (Fsp3) is 0.889. The van der Waals surface area contributed by atoms with Crippen LogP contribution < -0.4 is 4.72 Å². The topological polar surface area (TPSA) is 118 Å². The van der Waals surface area contributed by atoms with Gasteiger partial charge in [0.2, 0.25) is 10.0 Å². The summed E-state index contributed by atoms with van der Waals surface area (Å²) in [6.45, 7) is 1.56. The van der Waals surface area contributed by atoms with Gasteiger partial charge in [0.05, 0.1) is 16.8 Å². The van der Waals surface area contributed by atoms with Gasteiger partial charge in [-0.1, -0.05) is 6.92 Å². The molecule has 2 N–H and O–H groups in total. The fourth-order valence-corrected chi connectivity index (χ4v) is 5.28. The number of sulfone groups is 1. The van der Waals surface area contributed by atoms with Crippen LogP contribution in [0.3, 0.4) is 0 Å². The number of sulfonamides is 1. The van der Waals surface area contributed by atoms with Crippen LogP contribution in [-0.4, -0.2) is 50.7 Å². The Morgan fingerprint density at radius 1 is 1.39 bits per heavy atom. The summed E-state index contributed by atoms with van der Waals surface area (Å²) in [6, 6.07) is -1.16. The van der Waals surface area contributed by atoms with Crippen LogP contribution in [0, 0.1) is 0 Å². The van der Waals surface area contributed by atoms with Crippen LogP contribution in [0.25, 0.3) is 0 Å². The Morgan fingerprint density at radius 3 is 2.28 bits per heavy atom. The summed E-state index contributed by atoms with van der Waals surface area (Å²) in [5.74, 6) is -1.56. The van der Waals surface area contributed by atoms with E-state index in [1.807, 2.05) is 0 Å². The summed E-state index contributed by atoms with van der Waals surface area (Å²) < 4.78 is 48.3. The first-order chi connectivity index (χ1) is 8.18. The van der Waals surface area contributed by atoms with Crippen molar-refractivity contribution in [1.82, 2.24) is 4.72 Å². The van der Waals surface area contributed by atoms with Crippen LogP contribution in [0.2, 0.25) is 0 Å². The lowest BCUT2D eigenvalue weighted by Gasteiger charge is -2.23. The van der Waals surface area contributed by atoms with E-state index in [0.29, 0.717) is 0 Å². The zero-order valence-corrected chi connectivity index (χ0v) is 11.6. The molecular weight excluding hydrogens is 282 g/mol. The molecule has 0 aromatic carbocycles. The maximum atomic E-state index is 11.9. The quantitative estimate of drug-likeness (QED) is 0.696. The first-order valence-electron chi connectivity index (χ1n) is 5.62. The molecule has 1 unspecified atom stereocenters. The molecule has 1 fully saturated rings. The van der Waals surface area contributed by atoms with Gasteiger partial charge in [-0.2, -0.15) is 0 Å². The molecule has 0 amide bonds. The highest BCUT2D eigenvalue weighted by molar-refractivity contribution is 7.92. The number of carboxylic acid groups (broad SMARTS) is 1. The Hall–Kier alpha value is -0.670. The highest BCUT2D eigenvalue weighted by Gasteiger charge is 2.34. The lowest BCUT2D eigenvalue weighted by Crippen LogP contribution is -2.46. The second-order valence-electron chi connectivity index (χ2n) is 4.31. The standard InChI is InChI=1S/C9H17NO6S2/c1-2-8(9(11)12)10-18(15,16)7-3-5-17(13,14)6-4-7/h7-8,10H,2-6H2,1H3,(H,11,12). The van der Waals surface area contributed by atoms with E-state index in [0.717, 1.165) is 0 Å². The van der Waals surface area contributed by atoms with E-state index in [9.17, 15) is 21.6 Å². The van der Waals surface area contributed by atoms with Gasteiger partial charge in [-0.25, -0.2) is 21.6 Å². The first-order valence-corrected chi connectivity index (χ1v) is 8.99. The minimum Gasteiger partial charge on any atom is -0.480 e. The summed E-state index contributed by atoms with van der Waals surface area (Å²) in [4.78, 5) is 10.8. The van der Waals surface area contributed by atoms with Gasteiger partial charge in [-0.05, 0) is 19.3 Å². The van der Waals surface area contributed by atoms with Gasteiger partial charge in [-0.15, -0.1) is 0 Å². The minimum atomic E-state index is -3.79. The lowest BCUT2D eigenvalue weighted by atomic mass is 10.2. The number of rotatable bonds is 5. The highest BCUT2D eigenvalue weighted by Crippen LogP contribution is 2.19. The average Bonchev–Trinajstić information content (AvgIpc) is 2.25. The highest BCUT2D eigenvalue weighted by atomic mass is 32.2. The van der Waals surface area contributed by atoms with Crippen molar-refractivity contribution in [2.45, 2.75) is 37.5 Å². The van der Waals surface area contributed by atoms with Gasteiger partial charge < -0.3 is 5.11 Å². The van der Waals surface area contributed by atoms with Crippen molar-refractivity contribution in [3.8, 4) is 0 Å². The molecule has 1 aliphatic rings. The maximum Gasteiger partial charge on any atom is 0.321 e. The van der Waals surface area contributed by atoms with Crippen LogP contribution in [0.1, 0.15) is 26.2 Å². The Labute approximate surface area is 107 Å². The summed E-state index contributed by atoms with van der Waals surface area (Å²) in [5, 5.41) is 7.97. The van der Waals surface area contributed by atoms with Crippen LogP contribution in [0.5, 0.6) is 0 Å². The number of aliphatic carboxylic acids is 1. The van der Waals surface area contributed by atoms with Crippen LogP contribution >= 0.6 is 0 Å². The second kappa shape index (κ2) is 5.54. The molecule has 0 radical (unpaired) electrons. The van der Waals surface area contributed by atoms with Crippen molar-refractivity contribution in [3.63, 3.8) is 0 Å². The summed E-state index contributed by atoms with van der Waals surface area (Å²) in [5.41, 5.74) is 0. The molecular formula is C9H17NO6S2. The van der Waals surface area contributed by atoms with Gasteiger partial charge in [-0.3, -0.25) is 4.79 Å². The van der Waals surface area contributed by atoms with Crippen LogP contribution in [-0.2, 0) is 24.7 Å². The smallest absolute Gasteiger partial charge is 0.321 e. The molecule has 0 aromatic heterocycles. The third kappa shape index (κ3) is 3.92. The third-order valence-corrected chi connectivity index (χ3v) is 6.63. The zero-order valence-electron chi connectivity index (χ0n) is 10.00. The molecule has 1 heterocycles. The molecule has 1 rings (SSSR count). The normalized spacial score (nSPS) is 22.5. The molecule has 0 aromatic rings. The van der Waals surface area contributed by atoms with E-state index in [-0.39, 0.29) is 30.8 Å². The Kier molecular flexibility index (Phi) is 4.73. The van der Waals surface area contributed by atoms with Gasteiger partial charge in [0, 0.05) is 0 Å². The van der Waals surface area contributed by atoms with E-state index in [1.54, 1.807) is 6.92 Å². The zero-order chi connectivity index (χ0) is 14.0. The number of carbonyl (C=O) groups is 1. The molecule has 106 valence electrons. The van der Waals surface area contributed by atoms with Gasteiger partial charge in [0.25, 0.3) is 0 Å². The molecule has 0 bridgehead atoms. The van der Waals surface area contributed by atoms with Crippen molar-refractivity contribution in [2.75, 3.05) is 11.5 Å². The summed E-state index contributed by atoms with van der Waals surface area (Å²) in [6.07, 6.45) is 0.182. The number of carboxylic acids is 1. The first kappa shape index (κ1) is 15.4. The molecule has 9 heteroatoms. The van der Waals surface area contributed by atoms with Gasteiger partial charge >= 0.3 is 5.97 Å². The van der Waals surface area contributed by atoms with E-state index < -0.39 is 37.1 Å². The maximum absolute atomic E-state index is 11.9. The predicted molar refractivity (Wildman–Crippen MR) is 65.4 cm³/mol. The molecule has 0 spiro atoms. The second-order valence-corrected chi connectivity index (χ2v) is 8.61. The number of nitrogens with one attached hydrogen (secondary N) is 1. The van der Waals surface area contributed by atoms with E-state index in [1.165, 1.54) is 0 Å². The predicted octanol–water partition coefficient (Wildman–Crippen LogP) is -0.654.